The van der Waals surface area contributed by atoms with E-state index < -0.39 is 23.9 Å². The van der Waals surface area contributed by atoms with Crippen LogP contribution in [0.4, 0.5) is 18.9 Å². The molecular formula is C26H19F3N2O4. The van der Waals surface area contributed by atoms with Crippen LogP contribution in [0, 0.1) is 0 Å². The summed E-state index contributed by atoms with van der Waals surface area (Å²) in [6.45, 7) is 0.0228. The number of halogens is 3. The number of carbonyl (C=O) groups excluding carboxylic acids is 3. The zero-order chi connectivity index (χ0) is 25.2. The maximum Gasteiger partial charge on any atom is 0.471 e. The van der Waals surface area contributed by atoms with E-state index in [-0.39, 0.29) is 17.8 Å². The molecule has 0 aliphatic carbocycles. The van der Waals surface area contributed by atoms with Crippen molar-refractivity contribution >= 4 is 35.1 Å². The predicted octanol–water partition coefficient (Wildman–Crippen LogP) is 4.92. The molecule has 0 bridgehead atoms. The molecule has 9 heteroatoms. The molecule has 1 N–H and O–H groups in total. The lowest BCUT2D eigenvalue weighted by Gasteiger charge is -2.29. The molecule has 0 spiro atoms. The van der Waals surface area contributed by atoms with E-state index in [2.05, 4.69) is 0 Å². The first-order chi connectivity index (χ1) is 16.7. The molecule has 1 aliphatic heterocycles. The molecule has 1 aliphatic rings. The second-order valence-electron chi connectivity index (χ2n) is 7.73. The number of methoxy groups -OCH3 is 1. The number of amides is 3. The number of alkyl halides is 3. The first kappa shape index (κ1) is 23.7. The number of rotatable bonds is 5. The highest BCUT2D eigenvalue weighted by atomic mass is 19.4. The molecule has 3 amide bonds. The highest BCUT2D eigenvalue weighted by Gasteiger charge is 2.39. The molecule has 4 rings (SSSR count). The Hall–Kier alpha value is -4.40. The van der Waals surface area contributed by atoms with Gasteiger partial charge in [-0.05, 0) is 53.1 Å². The maximum absolute atomic E-state index is 13.4. The van der Waals surface area contributed by atoms with Crippen LogP contribution in [0.2, 0.25) is 0 Å². The van der Waals surface area contributed by atoms with E-state index in [9.17, 15) is 27.6 Å². The summed E-state index contributed by atoms with van der Waals surface area (Å²) in [7, 11) is 1.53. The van der Waals surface area contributed by atoms with E-state index in [1.165, 1.54) is 31.4 Å². The summed E-state index contributed by atoms with van der Waals surface area (Å²) in [5.41, 5.74) is 1.95. The van der Waals surface area contributed by atoms with Crippen molar-refractivity contribution in [2.75, 3.05) is 12.4 Å². The molecule has 3 aromatic rings. The molecule has 0 radical (unpaired) electrons. The van der Waals surface area contributed by atoms with E-state index >= 15 is 0 Å². The average Bonchev–Trinajstić information content (AvgIpc) is 2.84. The van der Waals surface area contributed by atoms with Gasteiger partial charge < -0.3 is 10.1 Å². The number of ether oxygens (including phenoxy) is 1. The molecule has 35 heavy (non-hydrogen) atoms. The Bertz CT molecular complexity index is 1330. The lowest BCUT2D eigenvalue weighted by Crippen LogP contribution is -2.41. The third-order valence-electron chi connectivity index (χ3n) is 5.38. The second-order valence-corrected chi connectivity index (χ2v) is 7.73. The molecule has 0 aromatic heterocycles. The summed E-state index contributed by atoms with van der Waals surface area (Å²) in [6.07, 6.45) is -3.55. The van der Waals surface area contributed by atoms with Gasteiger partial charge in [-0.1, -0.05) is 42.5 Å². The predicted molar refractivity (Wildman–Crippen MR) is 123 cm³/mol. The zero-order valence-electron chi connectivity index (χ0n) is 18.4. The normalized spacial score (nSPS) is 14.6. The molecule has 178 valence electrons. The van der Waals surface area contributed by atoms with Crippen molar-refractivity contribution in [1.29, 1.82) is 0 Å². The van der Waals surface area contributed by atoms with E-state index in [4.69, 9.17) is 4.74 Å². The van der Waals surface area contributed by atoms with E-state index in [0.717, 1.165) is 4.90 Å². The van der Waals surface area contributed by atoms with Crippen molar-refractivity contribution in [3.05, 3.63) is 95.1 Å². The number of anilines is 1. The van der Waals surface area contributed by atoms with Crippen molar-refractivity contribution in [2.45, 2.75) is 12.7 Å². The molecule has 1 heterocycles. The average molecular weight is 480 g/mol. The van der Waals surface area contributed by atoms with Crippen molar-refractivity contribution in [1.82, 2.24) is 4.90 Å². The second kappa shape index (κ2) is 9.46. The van der Waals surface area contributed by atoms with Gasteiger partial charge in [-0.3, -0.25) is 19.3 Å². The first-order valence-electron chi connectivity index (χ1n) is 10.5. The summed E-state index contributed by atoms with van der Waals surface area (Å²) in [6, 6.07) is 19.2. The maximum atomic E-state index is 13.4. The molecule has 0 atom stereocenters. The number of nitrogens with zero attached hydrogens (tertiary/aromatic N) is 1. The first-order valence-corrected chi connectivity index (χ1v) is 10.5. The van der Waals surface area contributed by atoms with Gasteiger partial charge in [0.15, 0.2) is 0 Å². The minimum Gasteiger partial charge on any atom is -0.497 e. The Kier molecular flexibility index (Phi) is 6.42. The van der Waals surface area contributed by atoms with Crippen molar-refractivity contribution < 1.29 is 32.3 Å². The van der Waals surface area contributed by atoms with Gasteiger partial charge in [-0.2, -0.15) is 13.2 Å². The molecule has 0 fully saturated rings. The Morgan fingerprint density at radius 2 is 1.63 bits per heavy atom. The van der Waals surface area contributed by atoms with Gasteiger partial charge in [0.25, 0.3) is 11.8 Å². The van der Waals surface area contributed by atoms with Crippen LogP contribution in [0.3, 0.4) is 0 Å². The number of fused-ring (bicyclic) bond motifs is 1. The van der Waals surface area contributed by atoms with Gasteiger partial charge in [0.1, 0.15) is 5.75 Å². The highest BCUT2D eigenvalue weighted by Crippen LogP contribution is 2.32. The fraction of sp³-hybridized carbons (Fsp3) is 0.115. The van der Waals surface area contributed by atoms with Crippen LogP contribution in [0.1, 0.15) is 27.0 Å². The van der Waals surface area contributed by atoms with Crippen LogP contribution in [0.5, 0.6) is 5.75 Å². The minimum absolute atomic E-state index is 0.0228. The van der Waals surface area contributed by atoms with Gasteiger partial charge >= 0.3 is 12.1 Å². The number of nitrogens with one attached hydrogen (secondary N) is 1. The quantitative estimate of drug-likeness (QED) is 0.416. The number of carbonyl (C=O) groups is 3. The lowest BCUT2D eigenvalue weighted by atomic mass is 9.91. The Morgan fingerprint density at radius 3 is 2.29 bits per heavy atom. The molecule has 0 saturated carbocycles. The highest BCUT2D eigenvalue weighted by molar-refractivity contribution is 6.33. The Labute approximate surface area is 198 Å². The summed E-state index contributed by atoms with van der Waals surface area (Å²) in [5, 5.41) is 1.79. The molecule has 0 saturated heterocycles. The van der Waals surface area contributed by atoms with E-state index in [1.807, 2.05) is 0 Å². The van der Waals surface area contributed by atoms with Crippen LogP contribution in [0.15, 0.2) is 72.8 Å². The van der Waals surface area contributed by atoms with Gasteiger partial charge in [0.05, 0.1) is 13.7 Å². The van der Waals surface area contributed by atoms with Gasteiger partial charge in [0, 0.05) is 16.8 Å². The van der Waals surface area contributed by atoms with Crippen molar-refractivity contribution in [3.8, 4) is 5.75 Å². The van der Waals surface area contributed by atoms with Gasteiger partial charge in [-0.15, -0.1) is 0 Å². The van der Waals surface area contributed by atoms with Crippen LogP contribution >= 0.6 is 0 Å². The Morgan fingerprint density at radius 1 is 0.943 bits per heavy atom. The topological polar surface area (TPSA) is 75.7 Å². The SMILES string of the molecule is COc1ccc(CN2C(=O)/C(=C\c3cccc(NC(=O)C(F)(F)F)c3)c3ccccc3C2=O)cc1. The van der Waals surface area contributed by atoms with E-state index in [0.29, 0.717) is 28.0 Å². The van der Waals surface area contributed by atoms with Gasteiger partial charge in [0.2, 0.25) is 0 Å². The standard InChI is InChI=1S/C26H19F3N2O4/c1-35-19-11-9-16(10-12-19)15-31-23(32)21-8-3-2-7-20(21)22(24(31)33)14-17-5-4-6-18(13-17)30-25(34)26(27,28)29/h2-14H,15H2,1H3,(H,30,34)/b22-14-. The number of imide groups is 1. The largest absolute Gasteiger partial charge is 0.497 e. The lowest BCUT2D eigenvalue weighted by molar-refractivity contribution is -0.167. The van der Waals surface area contributed by atoms with Crippen LogP contribution < -0.4 is 10.1 Å². The van der Waals surface area contributed by atoms with Gasteiger partial charge in [-0.25, -0.2) is 0 Å². The number of hydrogen-bond donors (Lipinski definition) is 1. The number of hydrogen-bond acceptors (Lipinski definition) is 4. The van der Waals surface area contributed by atoms with Crippen LogP contribution in [-0.4, -0.2) is 35.9 Å². The summed E-state index contributed by atoms with van der Waals surface area (Å²) >= 11 is 0. The summed E-state index contributed by atoms with van der Waals surface area (Å²) in [5.74, 6) is -2.47. The number of benzene rings is 3. The van der Waals surface area contributed by atoms with Crippen molar-refractivity contribution in [2.24, 2.45) is 0 Å². The monoisotopic (exact) mass is 480 g/mol. The summed E-state index contributed by atoms with van der Waals surface area (Å²) < 4.78 is 43.0. The Balaban J connectivity index is 1.70. The van der Waals surface area contributed by atoms with Crippen molar-refractivity contribution in [3.63, 3.8) is 0 Å². The van der Waals surface area contributed by atoms with Crippen LogP contribution in [-0.2, 0) is 16.1 Å². The molecular weight excluding hydrogens is 461 g/mol. The zero-order valence-corrected chi connectivity index (χ0v) is 18.4. The third-order valence-corrected chi connectivity index (χ3v) is 5.38. The summed E-state index contributed by atoms with van der Waals surface area (Å²) in [4.78, 5) is 38.9. The fourth-order valence-corrected chi connectivity index (χ4v) is 3.67. The fourth-order valence-electron chi connectivity index (χ4n) is 3.67. The van der Waals surface area contributed by atoms with Crippen LogP contribution in [0.25, 0.3) is 11.6 Å². The molecule has 0 unspecified atom stereocenters. The molecule has 3 aromatic carbocycles. The smallest absolute Gasteiger partial charge is 0.471 e. The minimum atomic E-state index is -5.03. The molecule has 6 nitrogen and oxygen atoms in total. The van der Waals surface area contributed by atoms with E-state index in [1.54, 1.807) is 59.9 Å². The third kappa shape index (κ3) is 5.08.